The van der Waals surface area contributed by atoms with Crippen LogP contribution >= 0.6 is 0 Å². The number of halogens is 3. The molecule has 11 heteroatoms. The lowest BCUT2D eigenvalue weighted by molar-refractivity contribution is -0.144. The number of hydrogen-bond donors (Lipinski definition) is 2. The van der Waals surface area contributed by atoms with Gasteiger partial charge in [-0.15, -0.1) is 5.10 Å². The topological polar surface area (TPSA) is 106 Å². The number of anilines is 1. The first-order valence-electron chi connectivity index (χ1n) is 6.58. The van der Waals surface area contributed by atoms with Gasteiger partial charge in [-0.1, -0.05) is 12.1 Å². The molecule has 0 radical (unpaired) electrons. The summed E-state index contributed by atoms with van der Waals surface area (Å²) in [5.41, 5.74) is 0.406. The molecule has 3 aromatic rings. The van der Waals surface area contributed by atoms with Gasteiger partial charge >= 0.3 is 6.18 Å². The molecule has 0 fully saturated rings. The van der Waals surface area contributed by atoms with Crippen LogP contribution in [-0.4, -0.2) is 30.6 Å². The van der Waals surface area contributed by atoms with Crippen molar-refractivity contribution in [2.24, 2.45) is 0 Å². The maximum absolute atomic E-state index is 12.4. The van der Waals surface area contributed by atoms with Gasteiger partial charge in [0.05, 0.1) is 17.2 Å². The van der Waals surface area contributed by atoms with Crippen LogP contribution in [-0.2, 0) is 17.5 Å². The van der Waals surface area contributed by atoms with E-state index >= 15 is 0 Å². The van der Waals surface area contributed by atoms with Crippen molar-refractivity contribution in [2.45, 2.75) is 12.7 Å². The zero-order chi connectivity index (χ0) is 17.3. The van der Waals surface area contributed by atoms with E-state index < -0.39 is 36.0 Å². The normalized spacial score (nSPS) is 11.6. The van der Waals surface area contributed by atoms with E-state index in [4.69, 9.17) is 0 Å². The highest BCUT2D eigenvalue weighted by atomic mass is 19.4. The van der Waals surface area contributed by atoms with E-state index in [1.807, 2.05) is 0 Å². The highest BCUT2D eigenvalue weighted by molar-refractivity contribution is 5.89. The van der Waals surface area contributed by atoms with Crippen LogP contribution in [0.25, 0.3) is 11.0 Å². The standard InChI is InChI=1S/C13H9F3N6O2/c14-13(15,16)11-19-12(21-20-11)18-9(23)6-22-8-4-2-1-3-7(8)17-5-10(22)24/h1-5H,6H2,(H2,18,19,20,21,23). The second kappa shape index (κ2) is 5.76. The number of H-pyrrole nitrogens is 1. The average Bonchev–Trinajstić information content (AvgIpc) is 2.99. The van der Waals surface area contributed by atoms with Crippen LogP contribution in [0, 0.1) is 0 Å². The third-order valence-electron chi connectivity index (χ3n) is 3.06. The maximum Gasteiger partial charge on any atom is 0.451 e. The maximum atomic E-state index is 12.4. The molecular formula is C13H9F3N6O2. The second-order valence-electron chi connectivity index (χ2n) is 4.72. The Labute approximate surface area is 131 Å². The van der Waals surface area contributed by atoms with Crippen molar-refractivity contribution < 1.29 is 18.0 Å². The molecule has 0 unspecified atom stereocenters. The van der Waals surface area contributed by atoms with Gasteiger partial charge in [-0.25, -0.2) is 4.98 Å². The summed E-state index contributed by atoms with van der Waals surface area (Å²) in [4.78, 5) is 30.9. The summed E-state index contributed by atoms with van der Waals surface area (Å²) in [5, 5.41) is 7.04. The summed E-state index contributed by atoms with van der Waals surface area (Å²) < 4.78 is 38.4. The Balaban J connectivity index is 1.82. The molecule has 2 heterocycles. The minimum absolute atomic E-state index is 0.419. The molecule has 1 amide bonds. The molecule has 0 atom stereocenters. The van der Waals surface area contributed by atoms with Gasteiger partial charge in [-0.3, -0.25) is 24.6 Å². The molecule has 24 heavy (non-hydrogen) atoms. The SMILES string of the molecule is O=C(Cn1c(=O)cnc2ccccc21)Nc1n[nH]c(C(F)(F)F)n1. The number of nitrogens with zero attached hydrogens (tertiary/aromatic N) is 4. The van der Waals surface area contributed by atoms with Crippen LogP contribution in [0.15, 0.2) is 35.3 Å². The molecule has 0 aliphatic rings. The lowest BCUT2D eigenvalue weighted by Crippen LogP contribution is -2.28. The fraction of sp³-hybridized carbons (Fsp3) is 0.154. The highest BCUT2D eigenvalue weighted by Gasteiger charge is 2.35. The summed E-state index contributed by atoms with van der Waals surface area (Å²) in [6, 6.07) is 6.65. The van der Waals surface area contributed by atoms with E-state index in [9.17, 15) is 22.8 Å². The lowest BCUT2D eigenvalue weighted by Gasteiger charge is -2.08. The minimum atomic E-state index is -4.70. The second-order valence-corrected chi connectivity index (χ2v) is 4.72. The van der Waals surface area contributed by atoms with Crippen LogP contribution in [0.3, 0.4) is 0 Å². The van der Waals surface area contributed by atoms with Crippen molar-refractivity contribution in [2.75, 3.05) is 5.32 Å². The van der Waals surface area contributed by atoms with Crippen molar-refractivity contribution >= 4 is 22.9 Å². The Kier molecular flexibility index (Phi) is 3.75. The van der Waals surface area contributed by atoms with Gasteiger partial charge in [0, 0.05) is 0 Å². The van der Waals surface area contributed by atoms with Crippen LogP contribution in [0.2, 0.25) is 0 Å². The highest BCUT2D eigenvalue weighted by Crippen LogP contribution is 2.26. The first-order valence-corrected chi connectivity index (χ1v) is 6.58. The number of nitrogens with one attached hydrogen (secondary N) is 2. The quantitative estimate of drug-likeness (QED) is 0.746. The van der Waals surface area contributed by atoms with Gasteiger partial charge in [0.2, 0.25) is 17.7 Å². The predicted molar refractivity (Wildman–Crippen MR) is 76.0 cm³/mol. The zero-order valence-corrected chi connectivity index (χ0v) is 11.8. The number of carbonyl (C=O) groups excluding carboxylic acids is 1. The van der Waals surface area contributed by atoms with Crippen LogP contribution in [0.4, 0.5) is 19.1 Å². The van der Waals surface area contributed by atoms with Gasteiger partial charge in [0.25, 0.3) is 5.56 Å². The van der Waals surface area contributed by atoms with Crippen molar-refractivity contribution in [1.82, 2.24) is 24.7 Å². The van der Waals surface area contributed by atoms with E-state index in [1.54, 1.807) is 29.4 Å². The van der Waals surface area contributed by atoms with Gasteiger partial charge in [0.15, 0.2) is 0 Å². The third kappa shape index (κ3) is 3.09. The number of benzene rings is 1. The first kappa shape index (κ1) is 15.6. The largest absolute Gasteiger partial charge is 0.451 e. The van der Waals surface area contributed by atoms with Crippen molar-refractivity contribution in [3.05, 3.63) is 46.6 Å². The Morgan fingerprint density at radius 3 is 2.75 bits per heavy atom. The van der Waals surface area contributed by atoms with E-state index in [-0.39, 0.29) is 0 Å². The van der Waals surface area contributed by atoms with E-state index in [2.05, 4.69) is 20.4 Å². The molecule has 2 aromatic heterocycles. The molecule has 0 saturated heterocycles. The van der Waals surface area contributed by atoms with E-state index in [0.717, 1.165) is 10.8 Å². The molecule has 8 nitrogen and oxygen atoms in total. The summed E-state index contributed by atoms with van der Waals surface area (Å²) >= 11 is 0. The summed E-state index contributed by atoms with van der Waals surface area (Å²) in [6.07, 6.45) is -3.64. The Morgan fingerprint density at radius 1 is 1.29 bits per heavy atom. The Hall–Kier alpha value is -3.24. The average molecular weight is 338 g/mol. The number of carbonyl (C=O) groups is 1. The number of rotatable bonds is 3. The summed E-state index contributed by atoms with van der Waals surface area (Å²) in [7, 11) is 0. The molecule has 0 bridgehead atoms. The predicted octanol–water partition coefficient (Wildman–Crippen LogP) is 1.17. The van der Waals surface area contributed by atoms with Crippen molar-refractivity contribution in [3.8, 4) is 0 Å². The Morgan fingerprint density at radius 2 is 2.04 bits per heavy atom. The zero-order valence-electron chi connectivity index (χ0n) is 11.8. The van der Waals surface area contributed by atoms with Crippen LogP contribution in [0.5, 0.6) is 0 Å². The number of aromatic nitrogens is 5. The van der Waals surface area contributed by atoms with Gasteiger partial charge in [-0.2, -0.15) is 18.2 Å². The molecule has 1 aromatic carbocycles. The molecule has 2 N–H and O–H groups in total. The number of aromatic amines is 1. The fourth-order valence-electron chi connectivity index (χ4n) is 2.03. The lowest BCUT2D eigenvalue weighted by atomic mass is 10.3. The number of amides is 1. The molecular weight excluding hydrogens is 329 g/mol. The summed E-state index contributed by atoms with van der Waals surface area (Å²) in [6.45, 7) is -0.419. The van der Waals surface area contributed by atoms with E-state index in [1.165, 1.54) is 0 Å². The molecule has 124 valence electrons. The van der Waals surface area contributed by atoms with E-state index in [0.29, 0.717) is 11.0 Å². The van der Waals surface area contributed by atoms with Crippen molar-refractivity contribution in [1.29, 1.82) is 0 Å². The molecule has 0 saturated carbocycles. The molecule has 0 spiro atoms. The smallest absolute Gasteiger partial charge is 0.296 e. The summed E-state index contributed by atoms with van der Waals surface area (Å²) in [5.74, 6) is -2.61. The van der Waals surface area contributed by atoms with Gasteiger partial charge in [-0.05, 0) is 12.1 Å². The molecule has 0 aliphatic carbocycles. The first-order chi connectivity index (χ1) is 11.3. The number of hydrogen-bond acceptors (Lipinski definition) is 5. The third-order valence-corrected chi connectivity index (χ3v) is 3.06. The van der Waals surface area contributed by atoms with Crippen LogP contribution < -0.4 is 10.9 Å². The monoisotopic (exact) mass is 338 g/mol. The molecule has 3 rings (SSSR count). The minimum Gasteiger partial charge on any atom is -0.296 e. The Bertz CT molecular complexity index is 962. The van der Waals surface area contributed by atoms with Gasteiger partial charge < -0.3 is 0 Å². The number of para-hydroxylation sites is 2. The fourth-order valence-corrected chi connectivity index (χ4v) is 2.03. The van der Waals surface area contributed by atoms with Gasteiger partial charge in [0.1, 0.15) is 6.54 Å². The molecule has 0 aliphatic heterocycles. The number of fused-ring (bicyclic) bond motifs is 1. The van der Waals surface area contributed by atoms with Crippen LogP contribution in [0.1, 0.15) is 5.82 Å². The van der Waals surface area contributed by atoms with Crippen molar-refractivity contribution in [3.63, 3.8) is 0 Å². The number of alkyl halides is 3.